The van der Waals surface area contributed by atoms with E-state index in [-0.39, 0.29) is 17.9 Å². The normalized spacial score (nSPS) is 16.7. The first-order chi connectivity index (χ1) is 12.6. The van der Waals surface area contributed by atoms with Gasteiger partial charge in [0.2, 0.25) is 11.8 Å². The van der Waals surface area contributed by atoms with Gasteiger partial charge in [0.1, 0.15) is 0 Å². The third-order valence-electron chi connectivity index (χ3n) is 4.52. The summed E-state index contributed by atoms with van der Waals surface area (Å²) in [5.41, 5.74) is 1.50. The van der Waals surface area contributed by atoms with E-state index in [1.807, 2.05) is 21.8 Å². The molecule has 1 atom stereocenters. The summed E-state index contributed by atoms with van der Waals surface area (Å²) in [5, 5.41) is 6.99. The first-order valence-corrected chi connectivity index (χ1v) is 8.95. The molecule has 0 aliphatic carbocycles. The Morgan fingerprint density at radius 1 is 1.35 bits per heavy atom. The van der Waals surface area contributed by atoms with Crippen LogP contribution < -0.4 is 5.32 Å². The molecule has 2 amide bonds. The summed E-state index contributed by atoms with van der Waals surface area (Å²) in [6, 6.07) is 1.85. The smallest absolute Gasteiger partial charge is 0.220 e. The first kappa shape index (κ1) is 18.0. The number of carbonyl (C=O) groups excluding carboxylic acids is 2. The average Bonchev–Trinajstić information content (AvgIpc) is 3.32. The minimum absolute atomic E-state index is 0.00952. The fourth-order valence-electron chi connectivity index (χ4n) is 3.23. The van der Waals surface area contributed by atoms with Gasteiger partial charge in [-0.15, -0.1) is 0 Å². The quantitative estimate of drug-likeness (QED) is 0.810. The van der Waals surface area contributed by atoms with E-state index in [4.69, 9.17) is 0 Å². The van der Waals surface area contributed by atoms with Crippen molar-refractivity contribution in [3.05, 3.63) is 42.2 Å². The van der Waals surface area contributed by atoms with Crippen molar-refractivity contribution in [2.45, 2.75) is 51.7 Å². The van der Waals surface area contributed by atoms with Gasteiger partial charge in [0, 0.05) is 38.8 Å². The number of amides is 2. The van der Waals surface area contributed by atoms with Crippen molar-refractivity contribution in [1.29, 1.82) is 0 Å². The molecule has 8 heteroatoms. The minimum atomic E-state index is -0.0180. The predicted octanol–water partition coefficient (Wildman–Crippen LogP) is 1.45. The third-order valence-corrected chi connectivity index (χ3v) is 4.52. The van der Waals surface area contributed by atoms with Crippen LogP contribution in [0.3, 0.4) is 0 Å². The Labute approximate surface area is 152 Å². The second-order valence-electron chi connectivity index (χ2n) is 6.46. The average molecular weight is 356 g/mol. The largest absolute Gasteiger partial charge is 0.350 e. The zero-order valence-electron chi connectivity index (χ0n) is 15.0. The van der Waals surface area contributed by atoms with Gasteiger partial charge in [0.15, 0.2) is 0 Å². The molecule has 0 bridgehead atoms. The molecule has 0 spiro atoms. The molecule has 138 valence electrons. The highest BCUT2D eigenvalue weighted by molar-refractivity contribution is 5.75. The summed E-state index contributed by atoms with van der Waals surface area (Å²) >= 11 is 0. The molecule has 8 nitrogen and oxygen atoms in total. The molecule has 0 radical (unpaired) electrons. The van der Waals surface area contributed by atoms with Gasteiger partial charge in [0.25, 0.3) is 0 Å². The van der Waals surface area contributed by atoms with Gasteiger partial charge in [-0.05, 0) is 25.3 Å². The maximum absolute atomic E-state index is 12.0. The molecular weight excluding hydrogens is 332 g/mol. The van der Waals surface area contributed by atoms with Gasteiger partial charge in [-0.2, -0.15) is 5.10 Å². The van der Waals surface area contributed by atoms with Crippen molar-refractivity contribution >= 4 is 11.8 Å². The molecule has 26 heavy (non-hydrogen) atoms. The molecule has 1 aliphatic heterocycles. The van der Waals surface area contributed by atoms with Gasteiger partial charge in [0.05, 0.1) is 36.4 Å². The highest BCUT2D eigenvalue weighted by Gasteiger charge is 2.29. The van der Waals surface area contributed by atoms with Gasteiger partial charge in [-0.25, -0.2) is 0 Å². The van der Waals surface area contributed by atoms with Crippen LogP contribution in [-0.4, -0.2) is 43.0 Å². The Morgan fingerprint density at radius 3 is 3.00 bits per heavy atom. The maximum Gasteiger partial charge on any atom is 0.220 e. The molecule has 0 aromatic carbocycles. The topological polar surface area (TPSA) is 93.0 Å². The number of aromatic nitrogens is 4. The van der Waals surface area contributed by atoms with Crippen molar-refractivity contribution in [3.8, 4) is 0 Å². The zero-order valence-corrected chi connectivity index (χ0v) is 15.0. The van der Waals surface area contributed by atoms with Crippen molar-refractivity contribution < 1.29 is 9.59 Å². The van der Waals surface area contributed by atoms with E-state index in [9.17, 15) is 9.59 Å². The molecule has 3 rings (SSSR count). The van der Waals surface area contributed by atoms with Gasteiger partial charge in [-0.3, -0.25) is 24.2 Å². The SMILES string of the molecule is CC(=O)N1CCC[C@H]1c1cncc(CNC(=O)CCCn2cccn2)n1. The summed E-state index contributed by atoms with van der Waals surface area (Å²) in [5.74, 6) is 0.0424. The molecule has 2 aromatic heterocycles. The molecule has 1 saturated heterocycles. The third kappa shape index (κ3) is 4.65. The van der Waals surface area contributed by atoms with E-state index in [0.29, 0.717) is 18.7 Å². The Hall–Kier alpha value is -2.77. The summed E-state index contributed by atoms with van der Waals surface area (Å²) in [4.78, 5) is 34.4. The molecule has 0 unspecified atom stereocenters. The van der Waals surface area contributed by atoms with Crippen LogP contribution in [0.1, 0.15) is 50.0 Å². The molecule has 1 N–H and O–H groups in total. The number of hydrogen-bond donors (Lipinski definition) is 1. The lowest BCUT2D eigenvalue weighted by atomic mass is 10.1. The lowest BCUT2D eigenvalue weighted by molar-refractivity contribution is -0.129. The number of rotatable bonds is 7. The summed E-state index contributed by atoms with van der Waals surface area (Å²) in [6.45, 7) is 3.41. The highest BCUT2D eigenvalue weighted by atomic mass is 16.2. The first-order valence-electron chi connectivity index (χ1n) is 8.95. The fraction of sp³-hybridized carbons (Fsp3) is 0.500. The number of hydrogen-bond acceptors (Lipinski definition) is 5. The van der Waals surface area contributed by atoms with E-state index in [2.05, 4.69) is 20.4 Å². The van der Waals surface area contributed by atoms with E-state index < -0.39 is 0 Å². The lowest BCUT2D eigenvalue weighted by Crippen LogP contribution is -2.29. The number of carbonyl (C=O) groups is 2. The van der Waals surface area contributed by atoms with E-state index in [1.54, 1.807) is 25.5 Å². The van der Waals surface area contributed by atoms with Crippen LogP contribution in [0.25, 0.3) is 0 Å². The van der Waals surface area contributed by atoms with Gasteiger partial charge in [-0.1, -0.05) is 0 Å². The molecule has 2 aromatic rings. The Bertz CT molecular complexity index is 746. The standard InChI is InChI=1S/C18H24N6O2/c1-14(25)24-10-2-5-17(24)16-13-19-11-15(22-16)12-20-18(26)6-3-8-23-9-4-7-21-23/h4,7,9,11,13,17H,2-3,5-6,8,10,12H2,1H3,(H,20,26)/t17-/m0/s1. The molecule has 1 aliphatic rings. The Balaban J connectivity index is 1.49. The minimum Gasteiger partial charge on any atom is -0.350 e. The maximum atomic E-state index is 12.0. The van der Waals surface area contributed by atoms with Crippen LogP contribution in [0.15, 0.2) is 30.9 Å². The van der Waals surface area contributed by atoms with Crippen molar-refractivity contribution in [2.75, 3.05) is 6.54 Å². The van der Waals surface area contributed by atoms with E-state index in [0.717, 1.165) is 38.0 Å². The Kier molecular flexibility index (Phi) is 5.93. The molecule has 3 heterocycles. The van der Waals surface area contributed by atoms with Crippen LogP contribution in [-0.2, 0) is 22.7 Å². The Morgan fingerprint density at radius 2 is 2.23 bits per heavy atom. The zero-order chi connectivity index (χ0) is 18.4. The van der Waals surface area contributed by atoms with Gasteiger partial charge < -0.3 is 10.2 Å². The predicted molar refractivity (Wildman–Crippen MR) is 94.7 cm³/mol. The van der Waals surface area contributed by atoms with Crippen molar-refractivity contribution in [1.82, 2.24) is 30.0 Å². The van der Waals surface area contributed by atoms with Crippen molar-refractivity contribution in [3.63, 3.8) is 0 Å². The summed E-state index contributed by atoms with van der Waals surface area (Å²) < 4.78 is 1.81. The van der Waals surface area contributed by atoms with E-state index in [1.165, 1.54) is 0 Å². The fourth-order valence-corrected chi connectivity index (χ4v) is 3.23. The highest BCUT2D eigenvalue weighted by Crippen LogP contribution is 2.30. The van der Waals surface area contributed by atoms with Crippen LogP contribution in [0.4, 0.5) is 0 Å². The monoisotopic (exact) mass is 356 g/mol. The number of nitrogens with one attached hydrogen (secondary N) is 1. The number of nitrogens with zero attached hydrogens (tertiary/aromatic N) is 5. The lowest BCUT2D eigenvalue weighted by Gasteiger charge is -2.22. The number of likely N-dealkylation sites (tertiary alicyclic amines) is 1. The second kappa shape index (κ2) is 8.55. The molecular formula is C18H24N6O2. The molecule has 1 fully saturated rings. The second-order valence-corrected chi connectivity index (χ2v) is 6.46. The van der Waals surface area contributed by atoms with Crippen LogP contribution in [0.5, 0.6) is 0 Å². The molecule has 0 saturated carbocycles. The van der Waals surface area contributed by atoms with Crippen LogP contribution in [0, 0.1) is 0 Å². The van der Waals surface area contributed by atoms with Crippen LogP contribution in [0.2, 0.25) is 0 Å². The van der Waals surface area contributed by atoms with Crippen molar-refractivity contribution in [2.24, 2.45) is 0 Å². The van der Waals surface area contributed by atoms with E-state index >= 15 is 0 Å². The van der Waals surface area contributed by atoms with Gasteiger partial charge >= 0.3 is 0 Å². The summed E-state index contributed by atoms with van der Waals surface area (Å²) in [6.07, 6.45) is 10.0. The summed E-state index contributed by atoms with van der Waals surface area (Å²) in [7, 11) is 0. The van der Waals surface area contributed by atoms with Crippen LogP contribution >= 0.6 is 0 Å². The number of aryl methyl sites for hydroxylation is 1.